The highest BCUT2D eigenvalue weighted by Gasteiger charge is 2.27. The zero-order valence-electron chi connectivity index (χ0n) is 11.4. The first-order chi connectivity index (χ1) is 9.54. The number of aromatic nitrogens is 1. The van der Waals surface area contributed by atoms with E-state index in [9.17, 15) is 4.79 Å². The Morgan fingerprint density at radius 2 is 2.20 bits per heavy atom. The van der Waals surface area contributed by atoms with Gasteiger partial charge in [-0.2, -0.15) is 0 Å². The van der Waals surface area contributed by atoms with E-state index in [1.165, 1.54) is 35.5 Å². The predicted molar refractivity (Wildman–Crippen MR) is 84.9 cm³/mol. The third-order valence-electron chi connectivity index (χ3n) is 3.35. The maximum Gasteiger partial charge on any atom is 0.265 e. The summed E-state index contributed by atoms with van der Waals surface area (Å²) in [5.74, 6) is 0.786. The van der Waals surface area contributed by atoms with Crippen molar-refractivity contribution in [2.45, 2.75) is 19.8 Å². The van der Waals surface area contributed by atoms with E-state index in [4.69, 9.17) is 11.6 Å². The van der Waals surface area contributed by atoms with Gasteiger partial charge in [0, 0.05) is 13.6 Å². The number of aryl methyl sites for hydroxylation is 1. The highest BCUT2D eigenvalue weighted by molar-refractivity contribution is 7.24. The second kappa shape index (κ2) is 5.47. The summed E-state index contributed by atoms with van der Waals surface area (Å²) < 4.78 is 0.742. The van der Waals surface area contributed by atoms with Gasteiger partial charge in [0.1, 0.15) is 9.88 Å². The summed E-state index contributed by atoms with van der Waals surface area (Å²) in [5.41, 5.74) is 0.808. The molecular weight excluding hydrogens is 312 g/mol. The Labute approximate surface area is 131 Å². The smallest absolute Gasteiger partial charge is 0.265 e. The normalized spacial score (nSPS) is 14.6. The number of thiazole rings is 1. The number of rotatable bonds is 4. The predicted octanol–water partition coefficient (Wildman–Crippen LogP) is 4.32. The van der Waals surface area contributed by atoms with E-state index >= 15 is 0 Å². The number of carbonyl (C=O) groups excluding carboxylic acids is 1. The third-order valence-corrected chi connectivity index (χ3v) is 5.90. The number of nitrogens with zero attached hydrogens (tertiary/aromatic N) is 2. The van der Waals surface area contributed by atoms with E-state index in [0.29, 0.717) is 5.92 Å². The van der Waals surface area contributed by atoms with Crippen LogP contribution in [-0.4, -0.2) is 29.4 Å². The van der Waals surface area contributed by atoms with Gasteiger partial charge in [0.15, 0.2) is 0 Å². The maximum atomic E-state index is 12.5. The van der Waals surface area contributed by atoms with Crippen molar-refractivity contribution >= 4 is 40.2 Å². The van der Waals surface area contributed by atoms with Gasteiger partial charge in [-0.05, 0) is 37.8 Å². The molecule has 1 aliphatic carbocycles. The molecule has 0 aliphatic heterocycles. The van der Waals surface area contributed by atoms with Crippen molar-refractivity contribution in [2.75, 3.05) is 13.6 Å². The van der Waals surface area contributed by atoms with E-state index < -0.39 is 0 Å². The van der Waals surface area contributed by atoms with Crippen LogP contribution in [0.25, 0.3) is 9.88 Å². The lowest BCUT2D eigenvalue weighted by molar-refractivity contribution is 0.0792. The first-order valence-corrected chi connectivity index (χ1v) is 8.54. The van der Waals surface area contributed by atoms with E-state index in [1.807, 2.05) is 31.0 Å². The van der Waals surface area contributed by atoms with Gasteiger partial charge in [-0.1, -0.05) is 11.6 Å². The van der Waals surface area contributed by atoms with Crippen LogP contribution in [0.1, 0.15) is 28.2 Å². The van der Waals surface area contributed by atoms with Crippen molar-refractivity contribution < 1.29 is 4.79 Å². The van der Waals surface area contributed by atoms with Crippen molar-refractivity contribution in [1.82, 2.24) is 9.88 Å². The molecule has 3 nitrogen and oxygen atoms in total. The molecule has 0 N–H and O–H groups in total. The van der Waals surface area contributed by atoms with Gasteiger partial charge in [-0.25, -0.2) is 4.98 Å². The lowest BCUT2D eigenvalue weighted by Gasteiger charge is -2.15. The average Bonchev–Trinajstić information content (AvgIpc) is 2.97. The second-order valence-electron chi connectivity index (χ2n) is 5.17. The molecule has 2 aromatic rings. The summed E-state index contributed by atoms with van der Waals surface area (Å²) in [6.07, 6.45) is 2.50. The minimum absolute atomic E-state index is 0.0841. The molecule has 20 heavy (non-hydrogen) atoms. The molecule has 1 fully saturated rings. The Hall–Kier alpha value is -0.910. The van der Waals surface area contributed by atoms with Crippen LogP contribution >= 0.6 is 34.3 Å². The summed E-state index contributed by atoms with van der Waals surface area (Å²) >= 11 is 8.91. The number of carbonyl (C=O) groups is 1. The molecule has 2 aromatic heterocycles. The van der Waals surface area contributed by atoms with Crippen LogP contribution in [-0.2, 0) is 0 Å². The van der Waals surface area contributed by atoms with Crippen LogP contribution in [0.15, 0.2) is 12.1 Å². The van der Waals surface area contributed by atoms with Crippen LogP contribution in [0.3, 0.4) is 0 Å². The highest BCUT2D eigenvalue weighted by atomic mass is 35.5. The molecule has 0 bridgehead atoms. The number of thiophene rings is 1. The Kier molecular flexibility index (Phi) is 3.84. The summed E-state index contributed by atoms with van der Waals surface area (Å²) in [5, 5.41) is 0.877. The SMILES string of the molecule is Cc1nc(-c2ccc(Cl)s2)sc1C(=O)N(C)CC1CC1. The Morgan fingerprint density at radius 1 is 1.45 bits per heavy atom. The van der Waals surface area contributed by atoms with Crippen molar-refractivity contribution in [1.29, 1.82) is 0 Å². The van der Waals surface area contributed by atoms with Crippen LogP contribution in [0.4, 0.5) is 0 Å². The lowest BCUT2D eigenvalue weighted by Crippen LogP contribution is -2.28. The van der Waals surface area contributed by atoms with E-state index in [2.05, 4.69) is 4.98 Å². The molecule has 0 spiro atoms. The second-order valence-corrected chi connectivity index (χ2v) is 7.88. The minimum Gasteiger partial charge on any atom is -0.341 e. The first kappa shape index (κ1) is 14.0. The first-order valence-electron chi connectivity index (χ1n) is 6.53. The van der Waals surface area contributed by atoms with Crippen LogP contribution in [0, 0.1) is 12.8 Å². The fourth-order valence-corrected chi connectivity index (χ4v) is 4.23. The largest absolute Gasteiger partial charge is 0.341 e. The molecule has 2 heterocycles. The van der Waals surface area contributed by atoms with E-state index in [1.54, 1.807) is 0 Å². The standard InChI is InChI=1S/C14H15ClN2OS2/c1-8-12(14(18)17(2)7-9-3-4-9)20-13(16-8)10-5-6-11(15)19-10/h5-6,9H,3-4,7H2,1-2H3. The van der Waals surface area contributed by atoms with Gasteiger partial charge in [0.2, 0.25) is 0 Å². The monoisotopic (exact) mass is 326 g/mol. The van der Waals surface area contributed by atoms with Gasteiger partial charge in [-0.3, -0.25) is 4.79 Å². The minimum atomic E-state index is 0.0841. The Balaban J connectivity index is 1.82. The fraction of sp³-hybridized carbons (Fsp3) is 0.429. The number of halogens is 1. The highest BCUT2D eigenvalue weighted by Crippen LogP contribution is 2.35. The molecule has 0 aromatic carbocycles. The van der Waals surface area contributed by atoms with Gasteiger partial charge in [0.25, 0.3) is 5.91 Å². The molecular formula is C14H15ClN2OS2. The van der Waals surface area contributed by atoms with Crippen molar-refractivity contribution in [3.05, 3.63) is 27.0 Å². The van der Waals surface area contributed by atoms with E-state index in [0.717, 1.165) is 31.3 Å². The number of hydrogen-bond acceptors (Lipinski definition) is 4. The molecule has 3 rings (SSSR count). The molecule has 0 unspecified atom stereocenters. The molecule has 106 valence electrons. The zero-order chi connectivity index (χ0) is 14.3. The van der Waals surface area contributed by atoms with Crippen LogP contribution in [0.2, 0.25) is 4.34 Å². The van der Waals surface area contributed by atoms with Crippen molar-refractivity contribution in [3.63, 3.8) is 0 Å². The quantitative estimate of drug-likeness (QED) is 0.838. The summed E-state index contributed by atoms with van der Waals surface area (Å²) in [6, 6.07) is 3.81. The van der Waals surface area contributed by atoms with Gasteiger partial charge in [0.05, 0.1) is 14.9 Å². The van der Waals surface area contributed by atoms with Crippen LogP contribution < -0.4 is 0 Å². The molecule has 0 radical (unpaired) electrons. The molecule has 0 saturated heterocycles. The van der Waals surface area contributed by atoms with Crippen molar-refractivity contribution in [3.8, 4) is 9.88 Å². The Morgan fingerprint density at radius 3 is 2.80 bits per heavy atom. The maximum absolute atomic E-state index is 12.5. The molecule has 1 saturated carbocycles. The average molecular weight is 327 g/mol. The van der Waals surface area contributed by atoms with Crippen molar-refractivity contribution in [2.24, 2.45) is 5.92 Å². The molecule has 1 amide bonds. The molecule has 0 atom stereocenters. The molecule has 1 aliphatic rings. The fourth-order valence-electron chi connectivity index (χ4n) is 2.07. The van der Waals surface area contributed by atoms with Gasteiger partial charge < -0.3 is 4.90 Å². The molecule has 6 heteroatoms. The lowest BCUT2D eigenvalue weighted by atomic mass is 10.3. The van der Waals surface area contributed by atoms with Crippen LogP contribution in [0.5, 0.6) is 0 Å². The topological polar surface area (TPSA) is 33.2 Å². The summed E-state index contributed by atoms with van der Waals surface area (Å²) in [6.45, 7) is 2.75. The van der Waals surface area contributed by atoms with Gasteiger partial charge >= 0.3 is 0 Å². The number of amides is 1. The number of hydrogen-bond donors (Lipinski definition) is 0. The summed E-state index contributed by atoms with van der Waals surface area (Å²) in [7, 11) is 1.88. The Bertz CT molecular complexity index is 645. The zero-order valence-corrected chi connectivity index (χ0v) is 13.7. The summed E-state index contributed by atoms with van der Waals surface area (Å²) in [4.78, 5) is 20.6. The van der Waals surface area contributed by atoms with Gasteiger partial charge in [-0.15, -0.1) is 22.7 Å². The van der Waals surface area contributed by atoms with E-state index in [-0.39, 0.29) is 5.91 Å². The third kappa shape index (κ3) is 2.90.